The molecule has 1 unspecified atom stereocenters. The van der Waals surface area contributed by atoms with E-state index in [0.29, 0.717) is 0 Å². The first-order chi connectivity index (χ1) is 23.5. The summed E-state index contributed by atoms with van der Waals surface area (Å²) in [4.78, 5) is 0. The molecular weight excluding hydrogens is 766 g/mol. The minimum atomic E-state index is -5.62. The van der Waals surface area contributed by atoms with Crippen LogP contribution in [0.25, 0.3) is 17.0 Å². The van der Waals surface area contributed by atoms with Gasteiger partial charge in [-0.15, -0.1) is 0 Å². The van der Waals surface area contributed by atoms with Crippen LogP contribution < -0.4 is 10.1 Å². The largest absolute Gasteiger partial charge is 0.572 e. The third-order valence-corrected chi connectivity index (χ3v) is 6.94. The fourth-order valence-electron chi connectivity index (χ4n) is 4.61. The van der Waals surface area contributed by atoms with Gasteiger partial charge in [0.2, 0.25) is 23.3 Å². The van der Waals surface area contributed by atoms with Crippen LogP contribution in [0, 0.1) is 105 Å². The lowest BCUT2D eigenvalue weighted by molar-refractivity contribution is -0.0622. The first kappa shape index (κ1) is 37.2. The molecule has 270 valence electrons. The first-order valence-corrected chi connectivity index (χ1v) is 12.4. The molecule has 0 radical (unpaired) electrons. The summed E-state index contributed by atoms with van der Waals surface area (Å²) in [5.74, 6) is -72.6. The molecule has 0 aliphatic heterocycles. The van der Waals surface area contributed by atoms with Crippen molar-refractivity contribution in [1.29, 1.82) is 0 Å². The monoisotopic (exact) mass is 766 g/mol. The molecule has 0 spiro atoms. The minimum absolute atomic E-state index is 2.59. The van der Waals surface area contributed by atoms with Crippen molar-refractivity contribution in [2.24, 2.45) is 0 Å². The van der Waals surface area contributed by atoms with Crippen molar-refractivity contribution >= 4 is 18.4 Å². The van der Waals surface area contributed by atoms with Crippen LogP contribution in [-0.2, 0) is 10.5 Å². The topological polar surface area (TPSA) is 18.5 Å². The lowest BCUT2D eigenvalue weighted by Crippen LogP contribution is -2.50. The zero-order valence-electron chi connectivity index (χ0n) is 22.8. The molecule has 5 rings (SSSR count). The van der Waals surface area contributed by atoms with Gasteiger partial charge < -0.3 is 9.31 Å². The predicted molar refractivity (Wildman–Crippen MR) is 123 cm³/mol. The number of alkyl halides is 1. The highest BCUT2D eigenvalue weighted by atomic mass is 19.2. The highest BCUT2D eigenvalue weighted by Crippen LogP contribution is 2.53. The average Bonchev–Trinajstić information content (AvgIpc) is 3.29. The van der Waals surface area contributed by atoms with Gasteiger partial charge in [0.1, 0.15) is 0 Å². The van der Waals surface area contributed by atoms with Crippen LogP contribution in [0.3, 0.4) is 0 Å². The molecule has 0 heterocycles. The average molecular weight is 766 g/mol. The Bertz CT molecular complexity index is 2200. The number of hydrogen-bond acceptors (Lipinski definition) is 2. The fourth-order valence-corrected chi connectivity index (χ4v) is 4.61. The van der Waals surface area contributed by atoms with Gasteiger partial charge in [0, 0.05) is 0 Å². The smallest absolute Gasteiger partial charge is 0.529 e. The van der Waals surface area contributed by atoms with E-state index >= 15 is 13.2 Å². The van der Waals surface area contributed by atoms with Gasteiger partial charge in [0.25, 0.3) is 5.85 Å². The van der Waals surface area contributed by atoms with E-state index in [2.05, 4.69) is 9.31 Å². The Morgan fingerprint density at radius 1 is 0.353 bits per heavy atom. The van der Waals surface area contributed by atoms with Crippen molar-refractivity contribution in [3.05, 3.63) is 122 Å². The van der Waals surface area contributed by atoms with E-state index < -0.39 is 163 Å². The highest BCUT2D eigenvalue weighted by molar-refractivity contribution is 6.62. The summed E-state index contributed by atoms with van der Waals surface area (Å²) in [5.41, 5.74) is -14.2. The fraction of sp³-hybridized carbons (Fsp3) is 0.0370. The molecule has 0 amide bonds. The Labute approximate surface area is 265 Å². The Hall–Kier alpha value is -5.03. The van der Waals surface area contributed by atoms with Crippen LogP contribution in [0.4, 0.5) is 92.2 Å². The second-order valence-electron chi connectivity index (χ2n) is 9.69. The number of halogens is 21. The summed E-state index contributed by atoms with van der Waals surface area (Å²) in [6.45, 7) is 0. The van der Waals surface area contributed by atoms with Gasteiger partial charge in [-0.25, -0.2) is 83.4 Å². The molecule has 4 aromatic rings. The van der Waals surface area contributed by atoms with Crippen LogP contribution in [-0.4, -0.2) is 7.12 Å². The quantitative estimate of drug-likeness (QED) is 0.0845. The Kier molecular flexibility index (Phi) is 9.00. The van der Waals surface area contributed by atoms with Gasteiger partial charge in [0.05, 0.1) is 27.7 Å². The molecule has 0 bridgehead atoms. The van der Waals surface area contributed by atoms with Crippen LogP contribution in [0.15, 0.2) is 5.83 Å². The SMILES string of the molecule is FC1=C(F)C(F)(OB(Oc2c(F)c(F)c(F)c(F)c2-c2c(F)c(F)c(F)c(F)c2F)c2c(F)c(F)c(F)c(F)c2F)c2c(F)c(F)c(F)c(F)c21. The first-order valence-electron chi connectivity index (χ1n) is 12.4. The van der Waals surface area contributed by atoms with Gasteiger partial charge in [0.15, 0.2) is 98.8 Å². The molecule has 0 N–H and O–H groups in total. The lowest BCUT2D eigenvalue weighted by Gasteiger charge is -2.28. The van der Waals surface area contributed by atoms with Gasteiger partial charge in [-0.1, -0.05) is 0 Å². The van der Waals surface area contributed by atoms with Crippen LogP contribution in [0.1, 0.15) is 11.1 Å². The summed E-state index contributed by atoms with van der Waals surface area (Å²) in [6, 6.07) is 0. The normalized spacial score (nSPS) is 15.6. The molecule has 1 atom stereocenters. The van der Waals surface area contributed by atoms with Crippen molar-refractivity contribution in [2.75, 3.05) is 0 Å². The molecule has 2 nitrogen and oxygen atoms in total. The van der Waals surface area contributed by atoms with E-state index in [9.17, 15) is 79.0 Å². The summed E-state index contributed by atoms with van der Waals surface area (Å²) >= 11 is 0. The molecule has 0 saturated carbocycles. The molecule has 1 aliphatic carbocycles. The third kappa shape index (κ3) is 5.07. The zero-order chi connectivity index (χ0) is 38.5. The van der Waals surface area contributed by atoms with Crippen molar-refractivity contribution < 1.29 is 102 Å². The highest BCUT2D eigenvalue weighted by Gasteiger charge is 2.58. The van der Waals surface area contributed by atoms with Crippen LogP contribution in [0.5, 0.6) is 5.75 Å². The predicted octanol–water partition coefficient (Wildman–Crippen LogP) is 9.09. The second-order valence-corrected chi connectivity index (χ2v) is 9.69. The van der Waals surface area contributed by atoms with E-state index in [-0.39, 0.29) is 0 Å². The lowest BCUT2D eigenvalue weighted by atomic mass is 9.76. The van der Waals surface area contributed by atoms with E-state index in [4.69, 9.17) is 0 Å². The van der Waals surface area contributed by atoms with Gasteiger partial charge in [-0.3, -0.25) is 0 Å². The molecule has 0 saturated heterocycles. The summed E-state index contributed by atoms with van der Waals surface area (Å²) in [7, 11) is -4.54. The van der Waals surface area contributed by atoms with E-state index in [0.717, 1.165) is 0 Å². The maximum Gasteiger partial charge on any atom is 0.572 e. The standard InChI is InChI=1S/C27BF21O2/c29-6-1(7(30)15(38)21(44)14(6)37)2-8(31)16(39)23(46)24(47)25(2)50-28(5-12(35)19(42)22(45)20(43)13(5)36)51-27(49)4-3(10(33)26(27)48)9(32)17(40)18(41)11(4)34. The molecular formula is C27BF21O2. The number of hydrogen-bond donors (Lipinski definition) is 0. The minimum Gasteiger partial charge on any atom is -0.529 e. The van der Waals surface area contributed by atoms with Gasteiger partial charge in [-0.2, -0.15) is 8.78 Å². The van der Waals surface area contributed by atoms with Gasteiger partial charge in [-0.05, 0) is 0 Å². The number of rotatable bonds is 6. The third-order valence-electron chi connectivity index (χ3n) is 6.94. The molecule has 24 heteroatoms. The van der Waals surface area contributed by atoms with Crippen molar-refractivity contribution in [1.82, 2.24) is 0 Å². The summed E-state index contributed by atoms with van der Waals surface area (Å²) in [5, 5.41) is 0. The molecule has 1 aliphatic rings. The van der Waals surface area contributed by atoms with Gasteiger partial charge >= 0.3 is 7.12 Å². The Morgan fingerprint density at radius 3 is 1.14 bits per heavy atom. The number of fused-ring (bicyclic) bond motifs is 1. The summed E-state index contributed by atoms with van der Waals surface area (Å²) < 4.78 is 312. The van der Waals surface area contributed by atoms with Crippen molar-refractivity contribution in [3.8, 4) is 16.9 Å². The maximum absolute atomic E-state index is 16.2. The Morgan fingerprint density at radius 2 is 0.686 bits per heavy atom. The summed E-state index contributed by atoms with van der Waals surface area (Å²) in [6.07, 6.45) is 0. The molecule has 0 aromatic heterocycles. The molecule has 4 aromatic carbocycles. The zero-order valence-corrected chi connectivity index (χ0v) is 22.8. The Balaban J connectivity index is 1.90. The van der Waals surface area contributed by atoms with Crippen molar-refractivity contribution in [3.63, 3.8) is 0 Å². The van der Waals surface area contributed by atoms with E-state index in [1.54, 1.807) is 0 Å². The van der Waals surface area contributed by atoms with Crippen LogP contribution >= 0.6 is 0 Å². The number of benzene rings is 4. The van der Waals surface area contributed by atoms with E-state index in [1.807, 2.05) is 0 Å². The molecule has 51 heavy (non-hydrogen) atoms. The van der Waals surface area contributed by atoms with Crippen molar-refractivity contribution in [2.45, 2.75) is 5.85 Å². The second kappa shape index (κ2) is 12.3. The van der Waals surface area contributed by atoms with Crippen LogP contribution in [0.2, 0.25) is 0 Å². The van der Waals surface area contributed by atoms with E-state index in [1.165, 1.54) is 0 Å². The molecule has 0 fully saturated rings. The maximum atomic E-state index is 16.2.